The molecule has 1 aromatic carbocycles. The first-order valence-corrected chi connectivity index (χ1v) is 5.90. The lowest BCUT2D eigenvalue weighted by molar-refractivity contribution is 0.0787. The summed E-state index contributed by atoms with van der Waals surface area (Å²) in [7, 11) is 0. The van der Waals surface area contributed by atoms with Gasteiger partial charge in [0.2, 0.25) is 0 Å². The van der Waals surface area contributed by atoms with E-state index in [9.17, 15) is 9.90 Å². The number of phenols is 1. The summed E-state index contributed by atoms with van der Waals surface area (Å²) in [5, 5.41) is 9.60. The molecule has 0 spiro atoms. The maximum absolute atomic E-state index is 12.1. The van der Waals surface area contributed by atoms with E-state index in [1.807, 2.05) is 11.8 Å². The van der Waals surface area contributed by atoms with E-state index in [0.717, 1.165) is 25.1 Å². The minimum Gasteiger partial charge on any atom is -0.508 e. The molecule has 2 rings (SSSR count). The van der Waals surface area contributed by atoms with E-state index in [2.05, 4.69) is 0 Å². The fourth-order valence-corrected chi connectivity index (χ4v) is 2.13. The number of carbonyl (C=O) groups excluding carboxylic acids is 1. The molecule has 1 aliphatic rings. The van der Waals surface area contributed by atoms with Gasteiger partial charge >= 0.3 is 0 Å². The maximum Gasteiger partial charge on any atom is 0.253 e. The van der Waals surface area contributed by atoms with E-state index in [1.165, 1.54) is 6.07 Å². The fourth-order valence-electron chi connectivity index (χ4n) is 2.13. The van der Waals surface area contributed by atoms with Gasteiger partial charge in [-0.2, -0.15) is 0 Å². The summed E-state index contributed by atoms with van der Waals surface area (Å²) in [6, 6.07) is 5.06. The molecule has 1 amide bonds. The van der Waals surface area contributed by atoms with Crippen LogP contribution in [0, 0.1) is 12.8 Å². The Morgan fingerprint density at radius 1 is 1.59 bits per heavy atom. The molecule has 4 heteroatoms. The Bertz CT molecular complexity index is 431. The summed E-state index contributed by atoms with van der Waals surface area (Å²) < 4.78 is 0. The van der Waals surface area contributed by atoms with Crippen molar-refractivity contribution in [2.75, 3.05) is 19.6 Å². The summed E-state index contributed by atoms with van der Waals surface area (Å²) >= 11 is 0. The SMILES string of the molecule is Cc1ccc(C(=O)N2CCC(CN)C2)cc1O. The van der Waals surface area contributed by atoms with Crippen LogP contribution in [0.25, 0.3) is 0 Å². The van der Waals surface area contributed by atoms with Crippen molar-refractivity contribution in [2.45, 2.75) is 13.3 Å². The molecule has 1 aromatic rings. The molecular weight excluding hydrogens is 216 g/mol. The van der Waals surface area contributed by atoms with Crippen molar-refractivity contribution in [3.8, 4) is 5.75 Å². The summed E-state index contributed by atoms with van der Waals surface area (Å²) in [6.07, 6.45) is 0.972. The number of phenolic OH excluding ortho intramolecular Hbond substituents is 1. The zero-order valence-corrected chi connectivity index (χ0v) is 10.0. The third kappa shape index (κ3) is 2.42. The van der Waals surface area contributed by atoms with Gasteiger partial charge in [-0.1, -0.05) is 6.07 Å². The van der Waals surface area contributed by atoms with Crippen molar-refractivity contribution in [2.24, 2.45) is 11.7 Å². The number of carbonyl (C=O) groups is 1. The number of amides is 1. The van der Waals surface area contributed by atoms with Crippen LogP contribution in [0.15, 0.2) is 18.2 Å². The second kappa shape index (κ2) is 4.75. The Hall–Kier alpha value is -1.55. The summed E-state index contributed by atoms with van der Waals surface area (Å²) in [6.45, 7) is 3.92. The standard InChI is InChI=1S/C13H18N2O2/c1-9-2-3-11(6-12(9)16)13(17)15-5-4-10(7-14)8-15/h2-3,6,10,16H,4-5,7-8,14H2,1H3. The molecule has 0 radical (unpaired) electrons. The molecule has 1 unspecified atom stereocenters. The Morgan fingerprint density at radius 3 is 2.94 bits per heavy atom. The van der Waals surface area contributed by atoms with Crippen LogP contribution in [0.4, 0.5) is 0 Å². The van der Waals surface area contributed by atoms with Gasteiger partial charge in [-0.3, -0.25) is 4.79 Å². The molecule has 1 aliphatic heterocycles. The number of hydrogen-bond donors (Lipinski definition) is 2. The van der Waals surface area contributed by atoms with E-state index >= 15 is 0 Å². The van der Waals surface area contributed by atoms with E-state index in [1.54, 1.807) is 12.1 Å². The van der Waals surface area contributed by atoms with Gasteiger partial charge in [-0.05, 0) is 43.5 Å². The van der Waals surface area contributed by atoms with Gasteiger partial charge < -0.3 is 15.7 Å². The van der Waals surface area contributed by atoms with E-state index in [-0.39, 0.29) is 11.7 Å². The quantitative estimate of drug-likeness (QED) is 0.806. The zero-order chi connectivity index (χ0) is 12.4. The lowest BCUT2D eigenvalue weighted by Crippen LogP contribution is -2.29. The van der Waals surface area contributed by atoms with Gasteiger partial charge in [-0.25, -0.2) is 0 Å². The molecule has 92 valence electrons. The maximum atomic E-state index is 12.1. The van der Waals surface area contributed by atoms with Crippen LogP contribution in [0.2, 0.25) is 0 Å². The largest absolute Gasteiger partial charge is 0.508 e. The van der Waals surface area contributed by atoms with Gasteiger partial charge in [0.1, 0.15) is 5.75 Å². The second-order valence-electron chi connectivity index (χ2n) is 4.64. The Morgan fingerprint density at radius 2 is 2.35 bits per heavy atom. The molecule has 1 atom stereocenters. The van der Waals surface area contributed by atoms with Crippen LogP contribution in [-0.2, 0) is 0 Å². The average Bonchev–Trinajstić information content (AvgIpc) is 2.80. The van der Waals surface area contributed by atoms with Crippen molar-refractivity contribution < 1.29 is 9.90 Å². The normalized spacial score (nSPS) is 19.6. The van der Waals surface area contributed by atoms with Crippen molar-refractivity contribution >= 4 is 5.91 Å². The predicted octanol–water partition coefficient (Wildman–Crippen LogP) is 1.12. The van der Waals surface area contributed by atoms with Crippen LogP contribution in [0.1, 0.15) is 22.3 Å². The molecule has 0 bridgehead atoms. The number of nitrogens with zero attached hydrogens (tertiary/aromatic N) is 1. The number of nitrogens with two attached hydrogens (primary N) is 1. The molecule has 1 saturated heterocycles. The minimum absolute atomic E-state index is 0.0174. The van der Waals surface area contributed by atoms with Gasteiger partial charge in [0.25, 0.3) is 5.91 Å². The minimum atomic E-state index is -0.0174. The molecule has 0 saturated carbocycles. The smallest absolute Gasteiger partial charge is 0.253 e. The van der Waals surface area contributed by atoms with Crippen LogP contribution in [0.5, 0.6) is 5.75 Å². The molecule has 0 aromatic heterocycles. The van der Waals surface area contributed by atoms with Crippen LogP contribution in [0.3, 0.4) is 0 Å². The topological polar surface area (TPSA) is 66.6 Å². The van der Waals surface area contributed by atoms with Crippen LogP contribution >= 0.6 is 0 Å². The molecule has 4 nitrogen and oxygen atoms in total. The highest BCUT2D eigenvalue weighted by Crippen LogP contribution is 2.21. The highest BCUT2D eigenvalue weighted by molar-refractivity contribution is 5.94. The summed E-state index contributed by atoms with van der Waals surface area (Å²) in [4.78, 5) is 14.0. The highest BCUT2D eigenvalue weighted by Gasteiger charge is 2.26. The Balaban J connectivity index is 2.12. The molecule has 0 aliphatic carbocycles. The number of aryl methyl sites for hydroxylation is 1. The van der Waals surface area contributed by atoms with E-state index in [4.69, 9.17) is 5.73 Å². The van der Waals surface area contributed by atoms with E-state index in [0.29, 0.717) is 18.0 Å². The van der Waals surface area contributed by atoms with Gasteiger partial charge in [0.05, 0.1) is 0 Å². The summed E-state index contributed by atoms with van der Waals surface area (Å²) in [5.74, 6) is 0.569. The predicted molar refractivity (Wildman–Crippen MR) is 65.9 cm³/mol. The number of likely N-dealkylation sites (tertiary alicyclic amines) is 1. The number of hydrogen-bond acceptors (Lipinski definition) is 3. The van der Waals surface area contributed by atoms with E-state index < -0.39 is 0 Å². The monoisotopic (exact) mass is 234 g/mol. The molecule has 3 N–H and O–H groups in total. The molecule has 17 heavy (non-hydrogen) atoms. The molecule has 1 heterocycles. The van der Waals surface area contributed by atoms with Gasteiger partial charge in [-0.15, -0.1) is 0 Å². The van der Waals surface area contributed by atoms with Crippen molar-refractivity contribution in [3.05, 3.63) is 29.3 Å². The lowest BCUT2D eigenvalue weighted by atomic mass is 10.1. The van der Waals surface area contributed by atoms with Crippen molar-refractivity contribution in [1.82, 2.24) is 4.90 Å². The third-order valence-corrected chi connectivity index (χ3v) is 3.36. The second-order valence-corrected chi connectivity index (χ2v) is 4.64. The molecule has 1 fully saturated rings. The Kier molecular flexibility index (Phi) is 3.33. The lowest BCUT2D eigenvalue weighted by Gasteiger charge is -2.16. The van der Waals surface area contributed by atoms with Crippen molar-refractivity contribution in [1.29, 1.82) is 0 Å². The van der Waals surface area contributed by atoms with Crippen LogP contribution < -0.4 is 5.73 Å². The van der Waals surface area contributed by atoms with Crippen molar-refractivity contribution in [3.63, 3.8) is 0 Å². The highest BCUT2D eigenvalue weighted by atomic mass is 16.3. The van der Waals surface area contributed by atoms with Gasteiger partial charge in [0, 0.05) is 18.7 Å². The zero-order valence-electron chi connectivity index (χ0n) is 10.0. The Labute approximate surface area is 101 Å². The number of aromatic hydroxyl groups is 1. The third-order valence-electron chi connectivity index (χ3n) is 3.36. The molecular formula is C13H18N2O2. The number of rotatable bonds is 2. The first-order valence-electron chi connectivity index (χ1n) is 5.90. The first-order chi connectivity index (χ1) is 8.11. The average molecular weight is 234 g/mol. The number of benzene rings is 1. The summed E-state index contributed by atoms with van der Waals surface area (Å²) in [5.41, 5.74) is 6.93. The first kappa shape index (κ1) is 11.9. The fraction of sp³-hybridized carbons (Fsp3) is 0.462. The van der Waals surface area contributed by atoms with Gasteiger partial charge in [0.15, 0.2) is 0 Å². The van der Waals surface area contributed by atoms with Crippen LogP contribution in [-0.4, -0.2) is 35.5 Å².